The summed E-state index contributed by atoms with van der Waals surface area (Å²) < 4.78 is 28.1. The van der Waals surface area contributed by atoms with Gasteiger partial charge in [-0.1, -0.05) is 46.7 Å². The summed E-state index contributed by atoms with van der Waals surface area (Å²) in [5, 5.41) is 14.5. The Labute approximate surface area is 149 Å². The summed E-state index contributed by atoms with van der Waals surface area (Å²) in [6, 6.07) is 3.64. The lowest BCUT2D eigenvalue weighted by atomic mass is 9.78. The number of hydrogen-bond donors (Lipinski definition) is 1. The van der Waals surface area contributed by atoms with E-state index in [0.717, 1.165) is 17.4 Å². The van der Waals surface area contributed by atoms with Gasteiger partial charge in [-0.05, 0) is 23.0 Å². The molecule has 0 atom stereocenters. The number of rotatable bonds is 3. The van der Waals surface area contributed by atoms with Crippen LogP contribution in [0.15, 0.2) is 16.7 Å². The van der Waals surface area contributed by atoms with Crippen LogP contribution in [0.1, 0.15) is 58.5 Å². The number of phenols is 1. The number of nitrogens with zero attached hydrogens (tertiary/aromatic N) is 2. The van der Waals surface area contributed by atoms with Gasteiger partial charge in [-0.3, -0.25) is 0 Å². The summed E-state index contributed by atoms with van der Waals surface area (Å²) in [6.07, 6.45) is 1.12. The average molecular weight is 366 g/mol. The molecule has 0 saturated heterocycles. The molecule has 2 aromatic rings. The molecule has 7 heteroatoms. The summed E-state index contributed by atoms with van der Waals surface area (Å²) in [6.45, 7) is 12.1. The predicted octanol–water partition coefficient (Wildman–Crippen LogP) is 3.58. The SMILES string of the molecule is CC(C)(C)c1cc(-c2nc(CS(C)(=O)=O)no2)cc(C(C)(C)C)c1O. The fourth-order valence-electron chi connectivity index (χ4n) is 2.57. The summed E-state index contributed by atoms with van der Waals surface area (Å²) >= 11 is 0. The molecule has 2 rings (SSSR count). The van der Waals surface area contributed by atoms with Gasteiger partial charge in [0.1, 0.15) is 11.5 Å². The maximum absolute atomic E-state index is 11.4. The first-order chi connectivity index (χ1) is 11.2. The molecule has 0 spiro atoms. The van der Waals surface area contributed by atoms with Crippen molar-refractivity contribution in [3.63, 3.8) is 0 Å². The fourth-order valence-corrected chi connectivity index (χ4v) is 3.15. The van der Waals surface area contributed by atoms with Gasteiger partial charge in [-0.2, -0.15) is 4.98 Å². The zero-order valence-electron chi connectivity index (χ0n) is 15.8. The van der Waals surface area contributed by atoms with Crippen molar-refractivity contribution in [3.05, 3.63) is 29.1 Å². The third kappa shape index (κ3) is 4.60. The number of hydrogen-bond acceptors (Lipinski definition) is 6. The summed E-state index contributed by atoms with van der Waals surface area (Å²) in [5.41, 5.74) is 1.65. The molecule has 0 aliphatic carbocycles. The predicted molar refractivity (Wildman–Crippen MR) is 97.3 cm³/mol. The molecule has 0 aliphatic heterocycles. The number of benzene rings is 1. The molecule has 0 aliphatic rings. The zero-order chi connectivity index (χ0) is 19.2. The highest BCUT2D eigenvalue weighted by Gasteiger charge is 2.28. The van der Waals surface area contributed by atoms with Crippen LogP contribution in [0.2, 0.25) is 0 Å². The molecule has 1 heterocycles. The van der Waals surface area contributed by atoms with Crippen LogP contribution in [0.25, 0.3) is 11.5 Å². The van der Waals surface area contributed by atoms with Crippen LogP contribution in [0.3, 0.4) is 0 Å². The number of phenolic OH excluding ortho intramolecular Hbond substituents is 1. The summed E-state index contributed by atoms with van der Waals surface area (Å²) in [7, 11) is -3.24. The lowest BCUT2D eigenvalue weighted by Gasteiger charge is -2.27. The Balaban J connectivity index is 2.62. The van der Waals surface area contributed by atoms with Crippen molar-refractivity contribution in [1.82, 2.24) is 10.1 Å². The lowest BCUT2D eigenvalue weighted by molar-refractivity contribution is 0.418. The first-order valence-corrected chi connectivity index (χ1v) is 10.1. The van der Waals surface area contributed by atoms with Crippen LogP contribution in [0.5, 0.6) is 5.75 Å². The van der Waals surface area contributed by atoms with Gasteiger partial charge in [0.15, 0.2) is 15.7 Å². The van der Waals surface area contributed by atoms with Crippen LogP contribution < -0.4 is 0 Å². The van der Waals surface area contributed by atoms with Gasteiger partial charge in [-0.25, -0.2) is 8.42 Å². The molecule has 1 N–H and O–H groups in total. The highest BCUT2D eigenvalue weighted by molar-refractivity contribution is 7.89. The molecule has 0 radical (unpaired) electrons. The second-order valence-electron chi connectivity index (χ2n) is 8.51. The number of aromatic hydroxyl groups is 1. The van der Waals surface area contributed by atoms with Crippen LogP contribution in [-0.2, 0) is 26.4 Å². The second kappa shape index (κ2) is 6.12. The molecular weight excluding hydrogens is 340 g/mol. The Hall–Kier alpha value is -1.89. The quantitative estimate of drug-likeness (QED) is 0.892. The van der Waals surface area contributed by atoms with Gasteiger partial charge in [-0.15, -0.1) is 0 Å². The molecule has 0 fully saturated rings. The molecule has 1 aromatic carbocycles. The van der Waals surface area contributed by atoms with E-state index in [9.17, 15) is 13.5 Å². The standard InChI is InChI=1S/C18H26N2O4S/c1-17(2,3)12-8-11(9-13(15(12)21)18(4,5)6)16-19-14(20-24-16)10-25(7,22)23/h8-9,21H,10H2,1-7H3. The number of aromatic nitrogens is 2. The van der Waals surface area contributed by atoms with Gasteiger partial charge in [0.25, 0.3) is 5.89 Å². The molecule has 25 heavy (non-hydrogen) atoms. The van der Waals surface area contributed by atoms with Crippen molar-refractivity contribution in [2.75, 3.05) is 6.26 Å². The van der Waals surface area contributed by atoms with E-state index in [4.69, 9.17) is 4.52 Å². The second-order valence-corrected chi connectivity index (χ2v) is 10.6. The Morgan fingerprint density at radius 2 is 1.52 bits per heavy atom. The van der Waals surface area contributed by atoms with Crippen molar-refractivity contribution in [1.29, 1.82) is 0 Å². The van der Waals surface area contributed by atoms with Gasteiger partial charge >= 0.3 is 0 Å². The minimum atomic E-state index is -3.24. The van der Waals surface area contributed by atoms with Gasteiger partial charge in [0.2, 0.25) is 0 Å². The smallest absolute Gasteiger partial charge is 0.257 e. The van der Waals surface area contributed by atoms with Crippen LogP contribution >= 0.6 is 0 Å². The maximum atomic E-state index is 11.4. The third-order valence-electron chi connectivity index (χ3n) is 3.83. The highest BCUT2D eigenvalue weighted by Crippen LogP contribution is 2.41. The molecule has 0 unspecified atom stereocenters. The van der Waals surface area contributed by atoms with Crippen LogP contribution in [-0.4, -0.2) is 29.9 Å². The Bertz CT molecular complexity index is 850. The van der Waals surface area contributed by atoms with E-state index in [1.54, 1.807) is 0 Å². The Morgan fingerprint density at radius 3 is 1.92 bits per heavy atom. The van der Waals surface area contributed by atoms with Gasteiger partial charge < -0.3 is 9.63 Å². The molecule has 138 valence electrons. The van der Waals surface area contributed by atoms with Gasteiger partial charge in [0, 0.05) is 22.9 Å². The van der Waals surface area contributed by atoms with E-state index in [0.29, 0.717) is 5.56 Å². The Kier molecular flexibility index (Phi) is 4.76. The zero-order valence-corrected chi connectivity index (χ0v) is 16.7. The van der Waals surface area contributed by atoms with E-state index < -0.39 is 9.84 Å². The topological polar surface area (TPSA) is 93.3 Å². The molecule has 6 nitrogen and oxygen atoms in total. The molecule has 0 amide bonds. The monoisotopic (exact) mass is 366 g/mol. The van der Waals surface area contributed by atoms with E-state index in [-0.39, 0.29) is 34.0 Å². The van der Waals surface area contributed by atoms with Crippen molar-refractivity contribution in [3.8, 4) is 17.2 Å². The van der Waals surface area contributed by atoms with Crippen molar-refractivity contribution >= 4 is 9.84 Å². The van der Waals surface area contributed by atoms with Crippen LogP contribution in [0, 0.1) is 0 Å². The fraction of sp³-hybridized carbons (Fsp3) is 0.556. The van der Waals surface area contributed by atoms with Crippen molar-refractivity contribution in [2.24, 2.45) is 0 Å². The Morgan fingerprint density at radius 1 is 1.04 bits per heavy atom. The highest BCUT2D eigenvalue weighted by atomic mass is 32.2. The molecular formula is C18H26N2O4S. The number of sulfone groups is 1. The van der Waals surface area contributed by atoms with E-state index >= 15 is 0 Å². The first-order valence-electron chi connectivity index (χ1n) is 8.07. The van der Waals surface area contributed by atoms with Crippen molar-refractivity contribution in [2.45, 2.75) is 58.1 Å². The first kappa shape index (κ1) is 19.4. The summed E-state index contributed by atoms with van der Waals surface area (Å²) in [5.74, 6) is 0.363. The van der Waals surface area contributed by atoms with Crippen molar-refractivity contribution < 1.29 is 18.0 Å². The average Bonchev–Trinajstić information content (AvgIpc) is 2.82. The van der Waals surface area contributed by atoms with E-state index in [2.05, 4.69) is 10.1 Å². The molecule has 1 aromatic heterocycles. The van der Waals surface area contributed by atoms with E-state index in [1.165, 1.54) is 0 Å². The maximum Gasteiger partial charge on any atom is 0.257 e. The van der Waals surface area contributed by atoms with Gasteiger partial charge in [0.05, 0.1) is 0 Å². The third-order valence-corrected chi connectivity index (χ3v) is 4.61. The summed E-state index contributed by atoms with van der Waals surface area (Å²) in [4.78, 5) is 4.20. The van der Waals surface area contributed by atoms with Crippen LogP contribution in [0.4, 0.5) is 0 Å². The lowest BCUT2D eigenvalue weighted by Crippen LogP contribution is -2.17. The minimum Gasteiger partial charge on any atom is -0.507 e. The largest absolute Gasteiger partial charge is 0.507 e. The molecule has 0 bridgehead atoms. The van der Waals surface area contributed by atoms with E-state index in [1.807, 2.05) is 53.7 Å². The normalized spacial score (nSPS) is 13.2. The minimum absolute atomic E-state index is 0.125. The molecule has 0 saturated carbocycles.